The zero-order valence-corrected chi connectivity index (χ0v) is 11.3. The van der Waals surface area contributed by atoms with Gasteiger partial charge in [-0.1, -0.05) is 0 Å². The van der Waals surface area contributed by atoms with Crippen LogP contribution < -0.4 is 15.2 Å². The van der Waals surface area contributed by atoms with Gasteiger partial charge >= 0.3 is 5.97 Å². The number of aliphatic carboxylic acids is 1. The van der Waals surface area contributed by atoms with Gasteiger partial charge in [-0.3, -0.25) is 4.79 Å². The summed E-state index contributed by atoms with van der Waals surface area (Å²) in [4.78, 5) is 10.7. The topological polar surface area (TPSA) is 81.8 Å². The zero-order chi connectivity index (χ0) is 14.3. The van der Waals surface area contributed by atoms with Crippen molar-refractivity contribution in [2.75, 3.05) is 13.7 Å². The Hall–Kier alpha value is -1.75. The van der Waals surface area contributed by atoms with Crippen LogP contribution in [0.5, 0.6) is 11.5 Å². The maximum Gasteiger partial charge on any atom is 0.303 e. The lowest BCUT2D eigenvalue weighted by Crippen LogP contribution is -2.24. The van der Waals surface area contributed by atoms with Gasteiger partial charge in [0.1, 0.15) is 11.5 Å². The van der Waals surface area contributed by atoms with E-state index in [1.165, 1.54) is 0 Å². The monoisotopic (exact) mass is 267 g/mol. The highest BCUT2D eigenvalue weighted by atomic mass is 16.5. The fourth-order valence-electron chi connectivity index (χ4n) is 1.91. The predicted octanol–water partition coefficient (Wildman–Crippen LogP) is 1.90. The normalized spacial score (nSPS) is 13.6. The minimum absolute atomic E-state index is 0.0641. The molecule has 5 nitrogen and oxygen atoms in total. The average molecular weight is 267 g/mol. The molecule has 0 radical (unpaired) electrons. The van der Waals surface area contributed by atoms with Crippen LogP contribution in [0.3, 0.4) is 0 Å². The zero-order valence-electron chi connectivity index (χ0n) is 11.3. The molecule has 0 aliphatic heterocycles. The summed E-state index contributed by atoms with van der Waals surface area (Å²) >= 11 is 0. The quantitative estimate of drug-likeness (QED) is 0.751. The number of hydrogen-bond donors (Lipinski definition) is 2. The molecule has 0 aliphatic carbocycles. The molecule has 1 aromatic rings. The van der Waals surface area contributed by atoms with Gasteiger partial charge in [-0.25, -0.2) is 0 Å². The Morgan fingerprint density at radius 3 is 2.37 bits per heavy atom. The molecule has 2 unspecified atom stereocenters. The van der Waals surface area contributed by atoms with E-state index < -0.39 is 5.97 Å². The highest BCUT2D eigenvalue weighted by molar-refractivity contribution is 5.67. The third kappa shape index (κ3) is 5.61. The number of nitrogens with two attached hydrogens (primary N) is 1. The second-order valence-corrected chi connectivity index (χ2v) is 4.54. The first-order valence-electron chi connectivity index (χ1n) is 6.27. The third-order valence-corrected chi connectivity index (χ3v) is 2.86. The summed E-state index contributed by atoms with van der Waals surface area (Å²) in [6, 6.07) is 7.29. The van der Waals surface area contributed by atoms with Crippen LogP contribution in [0.1, 0.15) is 19.8 Å². The van der Waals surface area contributed by atoms with E-state index >= 15 is 0 Å². The number of benzene rings is 1. The van der Waals surface area contributed by atoms with E-state index in [2.05, 4.69) is 0 Å². The van der Waals surface area contributed by atoms with E-state index in [9.17, 15) is 4.79 Å². The van der Waals surface area contributed by atoms with Crippen LogP contribution in [0.2, 0.25) is 0 Å². The highest BCUT2D eigenvalue weighted by Crippen LogP contribution is 2.20. The van der Waals surface area contributed by atoms with Crippen LogP contribution in [0.15, 0.2) is 24.3 Å². The fourth-order valence-corrected chi connectivity index (χ4v) is 1.91. The lowest BCUT2D eigenvalue weighted by molar-refractivity contribution is -0.138. The second-order valence-electron chi connectivity index (χ2n) is 4.54. The number of ether oxygens (including phenoxy) is 2. The number of hydrogen-bond acceptors (Lipinski definition) is 4. The molecule has 0 saturated carbocycles. The van der Waals surface area contributed by atoms with Crippen molar-refractivity contribution in [3.63, 3.8) is 0 Å². The third-order valence-electron chi connectivity index (χ3n) is 2.86. The molecule has 0 amide bonds. The fraction of sp³-hybridized carbons (Fsp3) is 0.500. The molecule has 1 aromatic carbocycles. The first-order valence-corrected chi connectivity index (χ1v) is 6.27. The molecule has 2 atom stereocenters. The molecule has 106 valence electrons. The van der Waals surface area contributed by atoms with Gasteiger partial charge in [-0.05, 0) is 50.1 Å². The van der Waals surface area contributed by atoms with Crippen LogP contribution >= 0.6 is 0 Å². The van der Waals surface area contributed by atoms with Crippen LogP contribution in [0.4, 0.5) is 0 Å². The van der Waals surface area contributed by atoms with E-state index in [4.69, 9.17) is 20.3 Å². The van der Waals surface area contributed by atoms with Crippen molar-refractivity contribution in [3.05, 3.63) is 24.3 Å². The Morgan fingerprint density at radius 2 is 1.89 bits per heavy atom. The maximum atomic E-state index is 10.7. The van der Waals surface area contributed by atoms with Crippen molar-refractivity contribution < 1.29 is 19.4 Å². The summed E-state index contributed by atoms with van der Waals surface area (Å²) in [7, 11) is 1.61. The first-order chi connectivity index (χ1) is 9.05. The maximum absolute atomic E-state index is 10.7. The molecule has 3 N–H and O–H groups in total. The predicted molar refractivity (Wildman–Crippen MR) is 72.5 cm³/mol. The van der Waals surface area contributed by atoms with Crippen molar-refractivity contribution in [1.29, 1.82) is 0 Å². The summed E-state index contributed by atoms with van der Waals surface area (Å²) in [6.07, 6.45) is 0.614. The van der Waals surface area contributed by atoms with Gasteiger partial charge in [0.2, 0.25) is 0 Å². The highest BCUT2D eigenvalue weighted by Gasteiger charge is 2.16. The second kappa shape index (κ2) is 7.63. The van der Waals surface area contributed by atoms with Crippen molar-refractivity contribution >= 4 is 5.97 Å². The van der Waals surface area contributed by atoms with E-state index in [0.29, 0.717) is 13.0 Å². The van der Waals surface area contributed by atoms with Crippen molar-refractivity contribution in [3.8, 4) is 11.5 Å². The molecule has 0 saturated heterocycles. The van der Waals surface area contributed by atoms with Gasteiger partial charge < -0.3 is 20.3 Å². The van der Waals surface area contributed by atoms with Crippen molar-refractivity contribution in [1.82, 2.24) is 0 Å². The Bertz CT molecular complexity index is 391. The summed E-state index contributed by atoms with van der Waals surface area (Å²) in [5, 5.41) is 8.77. The summed E-state index contributed by atoms with van der Waals surface area (Å²) in [5.74, 6) is 0.614. The minimum atomic E-state index is -0.827. The average Bonchev–Trinajstić information content (AvgIpc) is 2.38. The molecule has 1 rings (SSSR count). The van der Waals surface area contributed by atoms with Crippen LogP contribution in [0, 0.1) is 5.92 Å². The van der Waals surface area contributed by atoms with E-state index in [0.717, 1.165) is 11.5 Å². The SMILES string of the molecule is COc1ccc(OC(C)CC(CN)CC(=O)O)cc1. The largest absolute Gasteiger partial charge is 0.497 e. The van der Waals surface area contributed by atoms with Gasteiger partial charge in [-0.2, -0.15) is 0 Å². The lowest BCUT2D eigenvalue weighted by atomic mass is 9.99. The number of methoxy groups -OCH3 is 1. The molecule has 0 aliphatic rings. The Morgan fingerprint density at radius 1 is 1.32 bits per heavy atom. The Labute approximate surface area is 113 Å². The number of rotatable bonds is 8. The lowest BCUT2D eigenvalue weighted by Gasteiger charge is -2.19. The molecule has 0 bridgehead atoms. The molecule has 0 spiro atoms. The number of carboxylic acids is 1. The smallest absolute Gasteiger partial charge is 0.303 e. The number of carboxylic acid groups (broad SMARTS) is 1. The summed E-state index contributed by atoms with van der Waals surface area (Å²) < 4.78 is 10.8. The molecule has 5 heteroatoms. The Kier molecular flexibility index (Phi) is 6.15. The summed E-state index contributed by atoms with van der Waals surface area (Å²) in [6.45, 7) is 2.26. The minimum Gasteiger partial charge on any atom is -0.497 e. The molecule has 19 heavy (non-hydrogen) atoms. The summed E-state index contributed by atoms with van der Waals surface area (Å²) in [5.41, 5.74) is 5.57. The van der Waals surface area contributed by atoms with Gasteiger partial charge in [0.25, 0.3) is 0 Å². The van der Waals surface area contributed by atoms with Gasteiger partial charge in [0.15, 0.2) is 0 Å². The van der Waals surface area contributed by atoms with Gasteiger partial charge in [0, 0.05) is 6.42 Å². The van der Waals surface area contributed by atoms with Crippen molar-refractivity contribution in [2.45, 2.75) is 25.9 Å². The molecular weight excluding hydrogens is 246 g/mol. The molecule has 0 aromatic heterocycles. The van der Waals surface area contributed by atoms with Crippen molar-refractivity contribution in [2.24, 2.45) is 11.7 Å². The molecule has 0 heterocycles. The van der Waals surface area contributed by atoms with Gasteiger partial charge in [-0.15, -0.1) is 0 Å². The number of carbonyl (C=O) groups is 1. The Balaban J connectivity index is 2.48. The standard InChI is InChI=1S/C14H21NO4/c1-10(7-11(9-15)8-14(16)17)19-13-5-3-12(18-2)4-6-13/h3-6,10-11H,7-9,15H2,1-2H3,(H,16,17). The van der Waals surface area contributed by atoms with Crippen LogP contribution in [-0.2, 0) is 4.79 Å². The van der Waals surface area contributed by atoms with E-state index in [1.54, 1.807) is 7.11 Å². The van der Waals surface area contributed by atoms with Crippen LogP contribution in [0.25, 0.3) is 0 Å². The van der Waals surface area contributed by atoms with Gasteiger partial charge in [0.05, 0.1) is 13.2 Å². The molecular formula is C14H21NO4. The van der Waals surface area contributed by atoms with E-state index in [1.807, 2.05) is 31.2 Å². The van der Waals surface area contributed by atoms with Crippen LogP contribution in [-0.4, -0.2) is 30.8 Å². The van der Waals surface area contributed by atoms with E-state index in [-0.39, 0.29) is 18.4 Å². The molecule has 0 fully saturated rings. The first kappa shape index (κ1) is 15.3.